The number of aliphatic imine (C=N–C) groups is 1. The van der Waals surface area contributed by atoms with Crippen LogP contribution in [-0.2, 0) is 0 Å². The van der Waals surface area contributed by atoms with Crippen LogP contribution in [0.4, 0.5) is 0 Å². The number of alkyl halides is 1. The van der Waals surface area contributed by atoms with Crippen LogP contribution in [0.1, 0.15) is 0 Å². The molecule has 0 heterocycles. The summed E-state index contributed by atoms with van der Waals surface area (Å²) < 4.78 is 0. The van der Waals surface area contributed by atoms with Crippen molar-refractivity contribution < 1.29 is 0 Å². The van der Waals surface area contributed by atoms with Crippen LogP contribution in [0, 0.1) is 0 Å². The van der Waals surface area contributed by atoms with Gasteiger partial charge in [-0.2, -0.15) is 0 Å². The third-order valence-electron chi connectivity index (χ3n) is 0.288. The molecular weight excluding hydrogens is 132 g/mol. The van der Waals surface area contributed by atoms with Gasteiger partial charge in [0.15, 0.2) is 5.11 Å². The Kier molecular flexibility index (Phi) is 3.93. The third kappa shape index (κ3) is 5.85. The van der Waals surface area contributed by atoms with Crippen LogP contribution in [0.5, 0.6) is 0 Å². The van der Waals surface area contributed by atoms with E-state index in [2.05, 4.69) is 17.2 Å². The molecule has 0 rings (SSSR count). The normalized spacial score (nSPS) is 9.86. The van der Waals surface area contributed by atoms with Crippen molar-refractivity contribution in [1.29, 1.82) is 0 Å². The van der Waals surface area contributed by atoms with Gasteiger partial charge in [-0.1, -0.05) is 0 Å². The van der Waals surface area contributed by atoms with Gasteiger partial charge in [0.2, 0.25) is 0 Å². The molecule has 0 unspecified atom stereocenters. The van der Waals surface area contributed by atoms with Gasteiger partial charge in [0, 0.05) is 6.21 Å². The molecule has 2 nitrogen and oxygen atoms in total. The summed E-state index contributed by atoms with van der Waals surface area (Å²) in [5.74, 6) is 0.358. The highest BCUT2D eigenvalue weighted by Gasteiger charge is 1.72. The van der Waals surface area contributed by atoms with E-state index in [1.165, 1.54) is 6.21 Å². The average molecular weight is 137 g/mol. The van der Waals surface area contributed by atoms with Gasteiger partial charge in [-0.3, -0.25) is 0 Å². The molecule has 7 heavy (non-hydrogen) atoms. The number of thiocarbonyl (C=S) groups is 1. The van der Waals surface area contributed by atoms with Crippen LogP contribution >= 0.6 is 23.8 Å². The fraction of sp³-hybridized carbons (Fsp3) is 0.333. The van der Waals surface area contributed by atoms with Gasteiger partial charge in [-0.05, 0) is 12.2 Å². The summed E-state index contributed by atoms with van der Waals surface area (Å²) >= 11 is 9.56. The van der Waals surface area contributed by atoms with Crippen LogP contribution in [0.15, 0.2) is 4.99 Å². The van der Waals surface area contributed by atoms with Crippen molar-refractivity contribution in [1.82, 2.24) is 0 Å². The average Bonchev–Trinajstić information content (AvgIpc) is 1.61. The summed E-state index contributed by atoms with van der Waals surface area (Å²) in [5, 5.41) is 0.126. The van der Waals surface area contributed by atoms with Gasteiger partial charge in [0.05, 0.1) is 5.88 Å². The monoisotopic (exact) mass is 136 g/mol. The molecule has 0 atom stereocenters. The topological polar surface area (TPSA) is 38.4 Å². The Balaban J connectivity index is 3.26. The maximum atomic E-state index is 5.18. The number of nitrogens with zero attached hydrogens (tertiary/aromatic N) is 1. The summed E-state index contributed by atoms with van der Waals surface area (Å²) in [6.07, 6.45) is 1.45. The number of halogens is 1. The van der Waals surface area contributed by atoms with Gasteiger partial charge < -0.3 is 5.73 Å². The minimum atomic E-state index is 0.126. The predicted octanol–water partition coefficient (Wildman–Crippen LogP) is 0.540. The summed E-state index contributed by atoms with van der Waals surface area (Å²) in [7, 11) is 0. The van der Waals surface area contributed by atoms with Crippen molar-refractivity contribution in [3.8, 4) is 0 Å². The van der Waals surface area contributed by atoms with Crippen LogP contribution in [0.25, 0.3) is 0 Å². The van der Waals surface area contributed by atoms with Gasteiger partial charge >= 0.3 is 0 Å². The Bertz CT molecular complexity index is 90.9. The number of nitrogens with two attached hydrogens (primary N) is 1. The first-order valence-corrected chi connectivity index (χ1v) is 2.59. The molecule has 0 aromatic carbocycles. The Hall–Kier alpha value is -0.150. The molecule has 40 valence electrons. The van der Waals surface area contributed by atoms with Gasteiger partial charge in [0.1, 0.15) is 0 Å². The maximum absolute atomic E-state index is 5.18. The van der Waals surface area contributed by atoms with E-state index in [-0.39, 0.29) is 5.11 Å². The summed E-state index contributed by atoms with van der Waals surface area (Å²) in [6.45, 7) is 0. The highest BCUT2D eigenvalue weighted by atomic mass is 35.5. The fourth-order valence-corrected chi connectivity index (χ4v) is 0.268. The number of rotatable bonds is 1. The van der Waals surface area contributed by atoms with Crippen LogP contribution in [0.3, 0.4) is 0 Å². The molecule has 0 amide bonds. The lowest BCUT2D eigenvalue weighted by molar-refractivity contribution is 1.63. The maximum Gasteiger partial charge on any atom is 0.189 e. The molecule has 2 N–H and O–H groups in total. The van der Waals surface area contributed by atoms with Gasteiger partial charge in [0.25, 0.3) is 0 Å². The minimum Gasteiger partial charge on any atom is -0.374 e. The molecule has 0 radical (unpaired) electrons. The molecule has 0 aliphatic carbocycles. The molecule has 0 saturated heterocycles. The third-order valence-corrected chi connectivity index (χ3v) is 0.531. The largest absolute Gasteiger partial charge is 0.374 e. The molecule has 4 heteroatoms. The molecule has 0 aromatic heterocycles. The Morgan fingerprint density at radius 3 is 2.71 bits per heavy atom. The van der Waals surface area contributed by atoms with Crippen molar-refractivity contribution in [3.63, 3.8) is 0 Å². The Morgan fingerprint density at radius 2 is 2.57 bits per heavy atom. The van der Waals surface area contributed by atoms with Crippen molar-refractivity contribution in [2.75, 3.05) is 5.88 Å². The minimum absolute atomic E-state index is 0.126. The molecule has 0 aromatic rings. The van der Waals surface area contributed by atoms with Crippen molar-refractivity contribution >= 4 is 35.1 Å². The van der Waals surface area contributed by atoms with E-state index in [1.54, 1.807) is 0 Å². The van der Waals surface area contributed by atoms with E-state index >= 15 is 0 Å². The molecular formula is C3H5ClN2S. The predicted molar refractivity (Wildman–Crippen MR) is 36.0 cm³/mol. The van der Waals surface area contributed by atoms with Crippen molar-refractivity contribution in [3.05, 3.63) is 0 Å². The molecule has 0 fully saturated rings. The van der Waals surface area contributed by atoms with E-state index in [4.69, 9.17) is 17.3 Å². The van der Waals surface area contributed by atoms with Gasteiger partial charge in [-0.15, -0.1) is 11.6 Å². The molecule has 0 saturated carbocycles. The first kappa shape index (κ1) is 6.85. The molecule has 0 bridgehead atoms. The standard InChI is InChI=1S/C3H5ClN2S/c4-1-2-6-3(5)7/h2H,1H2,(H2,5,7)/b6-2+. The fourth-order valence-electron chi connectivity index (χ4n) is 0.124. The van der Waals surface area contributed by atoms with Crippen LogP contribution in [-0.4, -0.2) is 17.2 Å². The van der Waals surface area contributed by atoms with Crippen LogP contribution in [0.2, 0.25) is 0 Å². The highest BCUT2D eigenvalue weighted by Crippen LogP contribution is 1.69. The highest BCUT2D eigenvalue weighted by molar-refractivity contribution is 7.80. The summed E-state index contributed by atoms with van der Waals surface area (Å²) in [4.78, 5) is 3.50. The first-order chi connectivity index (χ1) is 3.27. The second-order valence-corrected chi connectivity index (χ2v) is 1.53. The van der Waals surface area contributed by atoms with E-state index in [0.717, 1.165) is 0 Å². The lowest BCUT2D eigenvalue weighted by atomic mass is 10.9. The Morgan fingerprint density at radius 1 is 2.00 bits per heavy atom. The summed E-state index contributed by atoms with van der Waals surface area (Å²) in [6, 6.07) is 0. The number of hydrogen-bond donors (Lipinski definition) is 1. The van der Waals surface area contributed by atoms with E-state index < -0.39 is 0 Å². The van der Waals surface area contributed by atoms with E-state index in [0.29, 0.717) is 5.88 Å². The molecule has 0 aliphatic heterocycles. The Labute approximate surface area is 52.4 Å². The zero-order chi connectivity index (χ0) is 5.70. The molecule has 0 spiro atoms. The lowest BCUT2D eigenvalue weighted by Crippen LogP contribution is -2.03. The van der Waals surface area contributed by atoms with Crippen LogP contribution < -0.4 is 5.73 Å². The SMILES string of the molecule is NC(=S)/N=C/CCl. The van der Waals surface area contributed by atoms with Gasteiger partial charge in [-0.25, -0.2) is 4.99 Å². The van der Waals surface area contributed by atoms with E-state index in [9.17, 15) is 0 Å². The zero-order valence-corrected chi connectivity index (χ0v) is 5.17. The lowest BCUT2D eigenvalue weighted by Gasteiger charge is -1.78. The molecule has 0 aliphatic rings. The van der Waals surface area contributed by atoms with Crippen molar-refractivity contribution in [2.24, 2.45) is 10.7 Å². The zero-order valence-electron chi connectivity index (χ0n) is 3.60. The second-order valence-electron chi connectivity index (χ2n) is 0.804. The quantitative estimate of drug-likeness (QED) is 0.325. The first-order valence-electron chi connectivity index (χ1n) is 1.65. The number of hydrogen-bond acceptors (Lipinski definition) is 1. The van der Waals surface area contributed by atoms with E-state index in [1.807, 2.05) is 0 Å². The van der Waals surface area contributed by atoms with Crippen molar-refractivity contribution in [2.45, 2.75) is 0 Å². The second kappa shape index (κ2) is 4.02. The summed E-state index contributed by atoms with van der Waals surface area (Å²) in [5.41, 5.74) is 4.95. The smallest absolute Gasteiger partial charge is 0.189 e.